The van der Waals surface area contributed by atoms with Crippen molar-refractivity contribution in [3.63, 3.8) is 0 Å². The van der Waals surface area contributed by atoms with Crippen LogP contribution in [0.15, 0.2) is 18.2 Å². The molecule has 1 amide bonds. The fourth-order valence-electron chi connectivity index (χ4n) is 2.37. The number of rotatable bonds is 9. The van der Waals surface area contributed by atoms with Gasteiger partial charge in [0, 0.05) is 24.2 Å². The van der Waals surface area contributed by atoms with E-state index >= 15 is 0 Å². The fraction of sp³-hybridized carbons (Fsp3) is 0.529. The molecule has 1 aromatic carbocycles. The van der Waals surface area contributed by atoms with Crippen molar-refractivity contribution in [2.45, 2.75) is 39.5 Å². The lowest BCUT2D eigenvalue weighted by molar-refractivity contribution is -0.384. The van der Waals surface area contributed by atoms with Crippen LogP contribution in [-0.4, -0.2) is 30.5 Å². The second-order valence-corrected chi connectivity index (χ2v) is 5.64. The summed E-state index contributed by atoms with van der Waals surface area (Å²) in [6.07, 6.45) is 4.16. The number of ether oxygens (including phenoxy) is 1. The first-order chi connectivity index (χ1) is 11.4. The van der Waals surface area contributed by atoms with Gasteiger partial charge >= 0.3 is 5.97 Å². The first kappa shape index (κ1) is 19.6. The van der Waals surface area contributed by atoms with E-state index in [1.165, 1.54) is 13.2 Å². The van der Waals surface area contributed by atoms with E-state index in [2.05, 4.69) is 23.9 Å². The zero-order valence-electron chi connectivity index (χ0n) is 14.3. The Kier molecular flexibility index (Phi) is 7.88. The number of nitrogens with zero attached hydrogens (tertiary/aromatic N) is 1. The summed E-state index contributed by atoms with van der Waals surface area (Å²) in [5.74, 6) is -0.784. The molecule has 0 heterocycles. The summed E-state index contributed by atoms with van der Waals surface area (Å²) < 4.78 is 4.57. The van der Waals surface area contributed by atoms with Crippen molar-refractivity contribution in [1.82, 2.24) is 5.32 Å². The number of hydrogen-bond acceptors (Lipinski definition) is 5. The van der Waals surface area contributed by atoms with Crippen LogP contribution in [0.1, 0.15) is 60.2 Å². The lowest BCUT2D eigenvalue weighted by Gasteiger charge is -2.15. The van der Waals surface area contributed by atoms with E-state index in [-0.39, 0.29) is 16.8 Å². The van der Waals surface area contributed by atoms with Gasteiger partial charge in [-0.15, -0.1) is 0 Å². The van der Waals surface area contributed by atoms with Crippen LogP contribution in [0.4, 0.5) is 5.69 Å². The molecule has 0 aromatic heterocycles. The van der Waals surface area contributed by atoms with Gasteiger partial charge in [0.15, 0.2) is 0 Å². The minimum Gasteiger partial charge on any atom is -0.465 e. The van der Waals surface area contributed by atoms with E-state index in [1.54, 1.807) is 0 Å². The number of unbranched alkanes of at least 4 members (excludes halogenated alkanes) is 1. The molecule has 0 fully saturated rings. The zero-order chi connectivity index (χ0) is 18.1. The zero-order valence-corrected chi connectivity index (χ0v) is 14.3. The topological polar surface area (TPSA) is 98.5 Å². The Hall–Kier alpha value is -2.44. The molecule has 1 N–H and O–H groups in total. The van der Waals surface area contributed by atoms with Gasteiger partial charge in [-0.25, -0.2) is 4.79 Å². The van der Waals surface area contributed by atoms with Gasteiger partial charge in [-0.3, -0.25) is 14.9 Å². The Morgan fingerprint density at radius 1 is 1.25 bits per heavy atom. The second kappa shape index (κ2) is 9.64. The molecule has 0 saturated carbocycles. The van der Waals surface area contributed by atoms with Gasteiger partial charge in [0.05, 0.1) is 17.6 Å². The van der Waals surface area contributed by atoms with Gasteiger partial charge in [0.2, 0.25) is 0 Å². The standard InChI is InChI=1S/C17H24N2O5/c1-4-6-7-12(5-2)11-18-16(20)13-8-14(17(21)24-3)10-15(9-13)19(22)23/h8-10,12H,4-7,11H2,1-3H3,(H,18,20)/t12-/m0/s1. The molecule has 0 radical (unpaired) electrons. The first-order valence-electron chi connectivity index (χ1n) is 8.08. The molecule has 1 rings (SSSR count). The minimum atomic E-state index is -0.720. The Bertz CT molecular complexity index is 601. The van der Waals surface area contributed by atoms with E-state index in [1.807, 2.05) is 0 Å². The maximum Gasteiger partial charge on any atom is 0.338 e. The SMILES string of the molecule is CCCC[C@H](CC)CNC(=O)c1cc(C(=O)OC)cc([N+](=O)[O-])c1. The van der Waals surface area contributed by atoms with E-state index in [0.29, 0.717) is 12.5 Å². The molecular formula is C17H24N2O5. The molecule has 0 spiro atoms. The number of nitro benzene ring substituents is 1. The molecule has 0 saturated heterocycles. The van der Waals surface area contributed by atoms with Crippen LogP contribution >= 0.6 is 0 Å². The van der Waals surface area contributed by atoms with E-state index < -0.39 is 16.8 Å². The van der Waals surface area contributed by atoms with Gasteiger partial charge in [-0.2, -0.15) is 0 Å². The van der Waals surface area contributed by atoms with Crippen molar-refractivity contribution in [2.75, 3.05) is 13.7 Å². The fourth-order valence-corrected chi connectivity index (χ4v) is 2.37. The Morgan fingerprint density at radius 2 is 1.92 bits per heavy atom. The van der Waals surface area contributed by atoms with Crippen molar-refractivity contribution in [3.05, 3.63) is 39.4 Å². The number of nitro groups is 1. The third-order valence-electron chi connectivity index (χ3n) is 3.91. The van der Waals surface area contributed by atoms with Crippen LogP contribution in [0.3, 0.4) is 0 Å². The van der Waals surface area contributed by atoms with Gasteiger partial charge in [-0.05, 0) is 18.4 Å². The Morgan fingerprint density at radius 3 is 2.46 bits per heavy atom. The number of nitrogens with one attached hydrogen (secondary N) is 1. The van der Waals surface area contributed by atoms with Crippen LogP contribution < -0.4 is 5.32 Å². The smallest absolute Gasteiger partial charge is 0.338 e. The number of amides is 1. The quantitative estimate of drug-likeness (QED) is 0.424. The summed E-state index contributed by atoms with van der Waals surface area (Å²) in [5, 5.41) is 13.8. The molecule has 7 nitrogen and oxygen atoms in total. The summed E-state index contributed by atoms with van der Waals surface area (Å²) >= 11 is 0. The highest BCUT2D eigenvalue weighted by molar-refractivity contribution is 5.98. The molecule has 0 aliphatic carbocycles. The average molecular weight is 336 g/mol. The summed E-state index contributed by atoms with van der Waals surface area (Å²) in [5.41, 5.74) is -0.258. The number of esters is 1. The van der Waals surface area contributed by atoms with Crippen LogP contribution in [0.25, 0.3) is 0 Å². The molecular weight excluding hydrogens is 312 g/mol. The Balaban J connectivity index is 2.90. The molecule has 1 atom stereocenters. The second-order valence-electron chi connectivity index (χ2n) is 5.64. The number of carbonyl (C=O) groups is 2. The van der Waals surface area contributed by atoms with E-state index in [4.69, 9.17) is 0 Å². The van der Waals surface area contributed by atoms with Gasteiger partial charge in [-0.1, -0.05) is 33.1 Å². The third kappa shape index (κ3) is 5.64. The van der Waals surface area contributed by atoms with Crippen molar-refractivity contribution in [3.8, 4) is 0 Å². The monoisotopic (exact) mass is 336 g/mol. The third-order valence-corrected chi connectivity index (χ3v) is 3.91. The van der Waals surface area contributed by atoms with Crippen LogP contribution in [0.5, 0.6) is 0 Å². The molecule has 0 aliphatic heterocycles. The summed E-state index contributed by atoms with van der Waals surface area (Å²) in [6, 6.07) is 3.56. The van der Waals surface area contributed by atoms with Crippen molar-refractivity contribution < 1.29 is 19.2 Å². The normalized spacial score (nSPS) is 11.6. The predicted octanol–water partition coefficient (Wildman–Crippen LogP) is 3.33. The lowest BCUT2D eigenvalue weighted by Crippen LogP contribution is -2.29. The van der Waals surface area contributed by atoms with Crippen LogP contribution in [-0.2, 0) is 4.74 Å². The maximum absolute atomic E-state index is 12.3. The van der Waals surface area contributed by atoms with Crippen molar-refractivity contribution in [2.24, 2.45) is 5.92 Å². The maximum atomic E-state index is 12.3. The molecule has 0 aliphatic rings. The largest absolute Gasteiger partial charge is 0.465 e. The first-order valence-corrected chi connectivity index (χ1v) is 8.08. The molecule has 0 bridgehead atoms. The van der Waals surface area contributed by atoms with Gasteiger partial charge in [0.25, 0.3) is 11.6 Å². The number of methoxy groups -OCH3 is 1. The number of benzene rings is 1. The van der Waals surface area contributed by atoms with Crippen molar-refractivity contribution in [1.29, 1.82) is 0 Å². The molecule has 0 unspecified atom stereocenters. The van der Waals surface area contributed by atoms with Crippen molar-refractivity contribution >= 4 is 17.6 Å². The Labute approximate surface area is 141 Å². The van der Waals surface area contributed by atoms with Crippen LogP contribution in [0.2, 0.25) is 0 Å². The highest BCUT2D eigenvalue weighted by Crippen LogP contribution is 2.18. The number of hydrogen-bond donors (Lipinski definition) is 1. The minimum absolute atomic E-state index is 0.0186. The van der Waals surface area contributed by atoms with E-state index in [9.17, 15) is 19.7 Å². The molecule has 1 aromatic rings. The van der Waals surface area contributed by atoms with Gasteiger partial charge < -0.3 is 10.1 Å². The molecule has 132 valence electrons. The summed E-state index contributed by atoms with van der Waals surface area (Å²) in [4.78, 5) is 34.3. The summed E-state index contributed by atoms with van der Waals surface area (Å²) in [7, 11) is 1.18. The van der Waals surface area contributed by atoms with E-state index in [0.717, 1.165) is 37.8 Å². The van der Waals surface area contributed by atoms with Crippen LogP contribution in [0, 0.1) is 16.0 Å². The molecule has 24 heavy (non-hydrogen) atoms. The van der Waals surface area contributed by atoms with Gasteiger partial charge in [0.1, 0.15) is 0 Å². The summed E-state index contributed by atoms with van der Waals surface area (Å²) in [6.45, 7) is 4.68. The average Bonchev–Trinajstić information content (AvgIpc) is 2.60. The lowest BCUT2D eigenvalue weighted by atomic mass is 9.99. The number of carbonyl (C=O) groups excluding carboxylic acids is 2. The number of non-ortho nitro benzene ring substituents is 1. The highest BCUT2D eigenvalue weighted by atomic mass is 16.6. The predicted molar refractivity (Wildman–Crippen MR) is 90.1 cm³/mol. The highest BCUT2D eigenvalue weighted by Gasteiger charge is 2.18. The molecule has 7 heteroatoms.